The summed E-state index contributed by atoms with van der Waals surface area (Å²) in [4.78, 5) is 4.37. The van der Waals surface area contributed by atoms with Crippen LogP contribution in [0.4, 0.5) is 4.39 Å². The van der Waals surface area contributed by atoms with E-state index < -0.39 is 0 Å². The van der Waals surface area contributed by atoms with Gasteiger partial charge in [0.25, 0.3) is 0 Å². The third-order valence-electron chi connectivity index (χ3n) is 2.56. The van der Waals surface area contributed by atoms with E-state index in [1.165, 1.54) is 6.07 Å². The molecular weight excluding hydrogens is 235 g/mol. The molecule has 1 N–H and O–H groups in total. The summed E-state index contributed by atoms with van der Waals surface area (Å²) in [6.07, 6.45) is 0. The van der Waals surface area contributed by atoms with Gasteiger partial charge in [-0.1, -0.05) is 6.07 Å². The van der Waals surface area contributed by atoms with Crippen LogP contribution in [0.5, 0.6) is 0 Å². The first-order valence-electron chi connectivity index (χ1n) is 5.52. The molecular formula is C13H15FN2S. The molecule has 1 aromatic carbocycles. The normalized spacial score (nSPS) is 10.8. The Morgan fingerprint density at radius 2 is 2.12 bits per heavy atom. The second-order valence-electron chi connectivity index (χ2n) is 4.06. The van der Waals surface area contributed by atoms with Crippen molar-refractivity contribution in [3.8, 4) is 0 Å². The highest BCUT2D eigenvalue weighted by Gasteiger charge is 2.01. The predicted molar refractivity (Wildman–Crippen MR) is 68.5 cm³/mol. The van der Waals surface area contributed by atoms with Crippen LogP contribution < -0.4 is 5.32 Å². The molecule has 0 aliphatic rings. The van der Waals surface area contributed by atoms with Crippen molar-refractivity contribution >= 4 is 11.3 Å². The van der Waals surface area contributed by atoms with Crippen LogP contribution in [0, 0.1) is 19.7 Å². The van der Waals surface area contributed by atoms with Crippen LogP contribution in [0.1, 0.15) is 21.8 Å². The number of aromatic nitrogens is 1. The summed E-state index contributed by atoms with van der Waals surface area (Å²) in [5.41, 5.74) is 3.16. The van der Waals surface area contributed by atoms with Crippen molar-refractivity contribution in [2.24, 2.45) is 0 Å². The highest BCUT2D eigenvalue weighted by molar-refractivity contribution is 7.09. The fraction of sp³-hybridized carbons (Fsp3) is 0.308. The van der Waals surface area contributed by atoms with Crippen LogP contribution >= 0.6 is 11.3 Å². The van der Waals surface area contributed by atoms with E-state index in [0.717, 1.165) is 34.9 Å². The van der Waals surface area contributed by atoms with Crippen LogP contribution in [0.3, 0.4) is 0 Å². The van der Waals surface area contributed by atoms with Crippen molar-refractivity contribution < 1.29 is 4.39 Å². The van der Waals surface area contributed by atoms with E-state index in [1.807, 2.05) is 25.3 Å². The number of hydrogen-bond acceptors (Lipinski definition) is 3. The number of nitrogens with zero attached hydrogens (tertiary/aromatic N) is 1. The molecule has 0 bridgehead atoms. The van der Waals surface area contributed by atoms with E-state index in [4.69, 9.17) is 0 Å². The topological polar surface area (TPSA) is 24.9 Å². The molecule has 0 spiro atoms. The van der Waals surface area contributed by atoms with Crippen molar-refractivity contribution in [1.29, 1.82) is 0 Å². The maximum Gasteiger partial charge on any atom is 0.123 e. The lowest BCUT2D eigenvalue weighted by Gasteiger charge is -2.06. The summed E-state index contributed by atoms with van der Waals surface area (Å²) in [5.74, 6) is -0.179. The molecule has 0 atom stereocenters. The Kier molecular flexibility index (Phi) is 3.86. The summed E-state index contributed by atoms with van der Waals surface area (Å²) in [6, 6.07) is 4.88. The van der Waals surface area contributed by atoms with Gasteiger partial charge in [-0.05, 0) is 37.1 Å². The Hall–Kier alpha value is -1.26. The number of thiazole rings is 1. The number of benzene rings is 1. The monoisotopic (exact) mass is 250 g/mol. The Morgan fingerprint density at radius 1 is 1.29 bits per heavy atom. The molecule has 0 aliphatic heterocycles. The summed E-state index contributed by atoms with van der Waals surface area (Å²) >= 11 is 1.66. The third-order valence-corrected chi connectivity index (χ3v) is 3.53. The van der Waals surface area contributed by atoms with Gasteiger partial charge in [0.05, 0.1) is 0 Å². The van der Waals surface area contributed by atoms with Crippen molar-refractivity contribution in [3.05, 3.63) is 51.2 Å². The SMILES string of the molecule is Cc1csc(CNCc2ccc(F)cc2C)n1. The fourth-order valence-electron chi connectivity index (χ4n) is 1.65. The highest BCUT2D eigenvalue weighted by atomic mass is 32.1. The van der Waals surface area contributed by atoms with Crippen molar-refractivity contribution in [1.82, 2.24) is 10.3 Å². The van der Waals surface area contributed by atoms with Gasteiger partial charge in [-0.25, -0.2) is 9.37 Å². The molecule has 0 saturated heterocycles. The minimum Gasteiger partial charge on any atom is -0.306 e. The second kappa shape index (κ2) is 5.38. The van der Waals surface area contributed by atoms with Gasteiger partial charge in [0.2, 0.25) is 0 Å². The molecule has 0 amide bonds. The summed E-state index contributed by atoms with van der Waals surface area (Å²) in [5, 5.41) is 6.44. The minimum atomic E-state index is -0.179. The Bertz CT molecular complexity index is 508. The zero-order valence-electron chi connectivity index (χ0n) is 9.96. The van der Waals surface area contributed by atoms with Crippen LogP contribution in [-0.4, -0.2) is 4.98 Å². The number of nitrogens with one attached hydrogen (secondary N) is 1. The van der Waals surface area contributed by atoms with E-state index in [1.54, 1.807) is 17.4 Å². The average Bonchev–Trinajstić information content (AvgIpc) is 2.68. The number of aryl methyl sites for hydroxylation is 2. The zero-order valence-corrected chi connectivity index (χ0v) is 10.8. The van der Waals surface area contributed by atoms with Crippen LogP contribution in [0.15, 0.2) is 23.6 Å². The Labute approximate surface area is 105 Å². The lowest BCUT2D eigenvalue weighted by atomic mass is 10.1. The number of rotatable bonds is 4. The maximum atomic E-state index is 12.9. The smallest absolute Gasteiger partial charge is 0.123 e. The minimum absolute atomic E-state index is 0.179. The summed E-state index contributed by atoms with van der Waals surface area (Å²) < 4.78 is 12.9. The van der Waals surface area contributed by atoms with Gasteiger partial charge >= 0.3 is 0 Å². The van der Waals surface area contributed by atoms with Crippen LogP contribution in [-0.2, 0) is 13.1 Å². The maximum absolute atomic E-state index is 12.9. The molecule has 0 saturated carbocycles. The second-order valence-corrected chi connectivity index (χ2v) is 5.00. The van der Waals surface area contributed by atoms with Gasteiger partial charge < -0.3 is 5.32 Å². The standard InChI is InChI=1S/C13H15FN2S/c1-9-5-12(14)4-3-11(9)6-15-7-13-16-10(2)8-17-13/h3-5,8,15H,6-7H2,1-2H3. The molecule has 2 rings (SSSR count). The van der Waals surface area contributed by atoms with Crippen molar-refractivity contribution in [2.45, 2.75) is 26.9 Å². The lowest BCUT2D eigenvalue weighted by Crippen LogP contribution is -2.13. The molecule has 0 unspecified atom stereocenters. The van der Waals surface area contributed by atoms with E-state index in [9.17, 15) is 4.39 Å². The fourth-order valence-corrected chi connectivity index (χ4v) is 2.39. The third kappa shape index (κ3) is 3.35. The molecule has 0 aliphatic carbocycles. The first kappa shape index (κ1) is 12.2. The highest BCUT2D eigenvalue weighted by Crippen LogP contribution is 2.11. The largest absolute Gasteiger partial charge is 0.306 e. The van der Waals surface area contributed by atoms with Gasteiger partial charge in [0.15, 0.2) is 0 Å². The molecule has 1 aromatic heterocycles. The zero-order chi connectivity index (χ0) is 12.3. The first-order valence-corrected chi connectivity index (χ1v) is 6.40. The van der Waals surface area contributed by atoms with Gasteiger partial charge in [0, 0.05) is 24.2 Å². The molecule has 2 nitrogen and oxygen atoms in total. The molecule has 0 radical (unpaired) electrons. The van der Waals surface area contributed by atoms with E-state index in [-0.39, 0.29) is 5.82 Å². The quantitative estimate of drug-likeness (QED) is 0.901. The molecule has 1 heterocycles. The van der Waals surface area contributed by atoms with Crippen molar-refractivity contribution in [2.75, 3.05) is 0 Å². The Morgan fingerprint density at radius 3 is 2.76 bits per heavy atom. The molecule has 0 fully saturated rings. The van der Waals surface area contributed by atoms with E-state index in [2.05, 4.69) is 10.3 Å². The average molecular weight is 250 g/mol. The molecule has 4 heteroatoms. The van der Waals surface area contributed by atoms with E-state index in [0.29, 0.717) is 0 Å². The van der Waals surface area contributed by atoms with Gasteiger partial charge in [-0.2, -0.15) is 0 Å². The first-order chi connectivity index (χ1) is 8.15. The molecule has 2 aromatic rings. The lowest BCUT2D eigenvalue weighted by molar-refractivity contribution is 0.622. The van der Waals surface area contributed by atoms with Gasteiger partial charge in [-0.3, -0.25) is 0 Å². The summed E-state index contributed by atoms with van der Waals surface area (Å²) in [7, 11) is 0. The molecule has 90 valence electrons. The van der Waals surface area contributed by atoms with Gasteiger partial charge in [0.1, 0.15) is 10.8 Å². The molecule has 17 heavy (non-hydrogen) atoms. The van der Waals surface area contributed by atoms with Gasteiger partial charge in [-0.15, -0.1) is 11.3 Å². The number of halogens is 1. The van der Waals surface area contributed by atoms with Crippen molar-refractivity contribution in [3.63, 3.8) is 0 Å². The Balaban J connectivity index is 1.90. The predicted octanol–water partition coefficient (Wildman–Crippen LogP) is 3.19. The number of hydrogen-bond donors (Lipinski definition) is 1. The van der Waals surface area contributed by atoms with Crippen LogP contribution in [0.25, 0.3) is 0 Å². The summed E-state index contributed by atoms with van der Waals surface area (Å²) in [6.45, 7) is 5.41. The van der Waals surface area contributed by atoms with Crippen LogP contribution in [0.2, 0.25) is 0 Å². The van der Waals surface area contributed by atoms with E-state index >= 15 is 0 Å².